The predicted octanol–water partition coefficient (Wildman–Crippen LogP) is 4.94. The minimum absolute atomic E-state index is 0.0934. The number of ether oxygens (including phenoxy) is 1. The summed E-state index contributed by atoms with van der Waals surface area (Å²) in [5.74, 6) is 1.10. The molecule has 3 rings (SSSR count). The lowest BCUT2D eigenvalue weighted by Gasteiger charge is -2.20. The lowest BCUT2D eigenvalue weighted by atomic mass is 9.88. The molecule has 0 atom stereocenters. The molecular weight excluding hydrogens is 372 g/mol. The summed E-state index contributed by atoms with van der Waals surface area (Å²) in [5.41, 5.74) is 1.47. The van der Waals surface area contributed by atoms with Crippen LogP contribution < -0.4 is 15.4 Å². The van der Waals surface area contributed by atoms with Crippen LogP contribution in [0.3, 0.4) is 0 Å². The summed E-state index contributed by atoms with van der Waals surface area (Å²) in [7, 11) is 1.58. The van der Waals surface area contributed by atoms with Crippen LogP contribution in [-0.2, 0) is 9.59 Å². The Hall–Kier alpha value is -2.47. The molecule has 1 aliphatic carbocycles. The number of thioether (sulfide) groups is 1. The Bertz CT molecular complexity index is 802. The van der Waals surface area contributed by atoms with Gasteiger partial charge in [-0.2, -0.15) is 0 Å². The Labute approximate surface area is 170 Å². The Balaban J connectivity index is 1.47. The zero-order valence-corrected chi connectivity index (χ0v) is 16.9. The number of hydrogen-bond donors (Lipinski definition) is 2. The van der Waals surface area contributed by atoms with Crippen molar-refractivity contribution in [1.82, 2.24) is 0 Å². The van der Waals surface area contributed by atoms with E-state index in [-0.39, 0.29) is 17.7 Å². The van der Waals surface area contributed by atoms with Crippen molar-refractivity contribution >= 4 is 35.0 Å². The highest BCUT2D eigenvalue weighted by molar-refractivity contribution is 8.00. The number of methoxy groups -OCH3 is 1. The number of anilines is 2. The molecule has 0 aromatic heterocycles. The van der Waals surface area contributed by atoms with Crippen molar-refractivity contribution in [2.45, 2.75) is 37.0 Å². The van der Waals surface area contributed by atoms with Crippen molar-refractivity contribution in [3.63, 3.8) is 0 Å². The van der Waals surface area contributed by atoms with Crippen LogP contribution in [0.25, 0.3) is 0 Å². The molecule has 2 N–H and O–H groups in total. The van der Waals surface area contributed by atoms with E-state index in [0.29, 0.717) is 17.2 Å². The summed E-state index contributed by atoms with van der Waals surface area (Å²) in [4.78, 5) is 25.5. The molecule has 0 unspecified atom stereocenters. The van der Waals surface area contributed by atoms with Crippen LogP contribution in [0.15, 0.2) is 53.4 Å². The Morgan fingerprint density at radius 1 is 1.00 bits per heavy atom. The molecule has 0 heterocycles. The normalized spacial score (nSPS) is 14.3. The zero-order chi connectivity index (χ0) is 19.8. The third-order valence-electron chi connectivity index (χ3n) is 4.85. The van der Waals surface area contributed by atoms with Gasteiger partial charge in [-0.3, -0.25) is 9.59 Å². The van der Waals surface area contributed by atoms with E-state index >= 15 is 0 Å². The number of rotatable bonds is 7. The number of nitrogens with one attached hydrogen (secondary N) is 2. The fourth-order valence-electron chi connectivity index (χ4n) is 3.33. The van der Waals surface area contributed by atoms with Crippen molar-refractivity contribution in [2.75, 3.05) is 23.5 Å². The van der Waals surface area contributed by atoms with Crippen LogP contribution in [0.5, 0.6) is 5.75 Å². The van der Waals surface area contributed by atoms with Crippen LogP contribution in [-0.4, -0.2) is 24.7 Å². The molecule has 148 valence electrons. The maximum atomic E-state index is 12.3. The highest BCUT2D eigenvalue weighted by Gasteiger charge is 2.20. The number of amides is 2. The topological polar surface area (TPSA) is 67.4 Å². The first kappa shape index (κ1) is 20.3. The van der Waals surface area contributed by atoms with Gasteiger partial charge in [0.2, 0.25) is 11.8 Å². The molecule has 0 spiro atoms. The average Bonchev–Trinajstić information content (AvgIpc) is 2.74. The summed E-state index contributed by atoms with van der Waals surface area (Å²) in [5, 5.41) is 5.87. The summed E-state index contributed by atoms with van der Waals surface area (Å²) in [6.45, 7) is 0. The quantitative estimate of drug-likeness (QED) is 0.648. The van der Waals surface area contributed by atoms with E-state index in [1.807, 2.05) is 48.5 Å². The van der Waals surface area contributed by atoms with Crippen LogP contribution in [0, 0.1) is 5.92 Å². The highest BCUT2D eigenvalue weighted by Crippen LogP contribution is 2.27. The second-order valence-corrected chi connectivity index (χ2v) is 7.93. The molecule has 0 saturated heterocycles. The maximum absolute atomic E-state index is 12.3. The first-order valence-corrected chi connectivity index (χ1v) is 10.6. The summed E-state index contributed by atoms with van der Waals surface area (Å²) < 4.78 is 5.24. The molecule has 1 saturated carbocycles. The van der Waals surface area contributed by atoms with E-state index in [1.54, 1.807) is 7.11 Å². The summed E-state index contributed by atoms with van der Waals surface area (Å²) in [6, 6.07) is 15.0. The average molecular weight is 399 g/mol. The van der Waals surface area contributed by atoms with Gasteiger partial charge in [0.25, 0.3) is 0 Å². The molecule has 2 amide bonds. The molecule has 1 fully saturated rings. The van der Waals surface area contributed by atoms with Crippen LogP contribution in [0.4, 0.5) is 11.4 Å². The minimum atomic E-state index is -0.0934. The van der Waals surface area contributed by atoms with Crippen molar-refractivity contribution in [1.29, 1.82) is 0 Å². The smallest absolute Gasteiger partial charge is 0.234 e. The van der Waals surface area contributed by atoms with E-state index in [9.17, 15) is 9.59 Å². The Morgan fingerprint density at radius 3 is 2.43 bits per heavy atom. The molecular formula is C22H26N2O3S. The molecule has 1 aliphatic rings. The van der Waals surface area contributed by atoms with E-state index in [1.165, 1.54) is 18.2 Å². The Kier molecular flexibility index (Phi) is 7.37. The minimum Gasteiger partial charge on any atom is -0.495 e. The van der Waals surface area contributed by atoms with Gasteiger partial charge in [0, 0.05) is 16.5 Å². The van der Waals surface area contributed by atoms with Gasteiger partial charge in [-0.05, 0) is 49.2 Å². The van der Waals surface area contributed by atoms with Crippen molar-refractivity contribution in [2.24, 2.45) is 5.92 Å². The number of carbonyl (C=O) groups is 2. The lowest BCUT2D eigenvalue weighted by molar-refractivity contribution is -0.120. The monoisotopic (exact) mass is 398 g/mol. The first-order valence-electron chi connectivity index (χ1n) is 9.62. The molecule has 6 heteroatoms. The molecule has 0 aliphatic heterocycles. The van der Waals surface area contributed by atoms with Gasteiger partial charge in [-0.1, -0.05) is 31.4 Å². The number of carbonyl (C=O) groups excluding carboxylic acids is 2. The number of para-hydroxylation sites is 2. The summed E-state index contributed by atoms with van der Waals surface area (Å²) >= 11 is 1.45. The second kappa shape index (κ2) is 10.2. The van der Waals surface area contributed by atoms with Crippen molar-refractivity contribution < 1.29 is 14.3 Å². The Morgan fingerprint density at radius 2 is 1.71 bits per heavy atom. The van der Waals surface area contributed by atoms with Gasteiger partial charge in [0.1, 0.15) is 5.75 Å². The van der Waals surface area contributed by atoms with E-state index < -0.39 is 0 Å². The molecule has 2 aromatic carbocycles. The number of hydrogen-bond acceptors (Lipinski definition) is 4. The number of benzene rings is 2. The van der Waals surface area contributed by atoms with Crippen LogP contribution >= 0.6 is 11.8 Å². The van der Waals surface area contributed by atoms with Gasteiger partial charge in [0.05, 0.1) is 18.6 Å². The highest BCUT2D eigenvalue weighted by atomic mass is 32.2. The van der Waals surface area contributed by atoms with E-state index in [4.69, 9.17) is 4.74 Å². The van der Waals surface area contributed by atoms with Crippen molar-refractivity contribution in [3.8, 4) is 5.75 Å². The fraction of sp³-hybridized carbons (Fsp3) is 0.364. The largest absolute Gasteiger partial charge is 0.495 e. The van der Waals surface area contributed by atoms with Gasteiger partial charge in [-0.15, -0.1) is 11.8 Å². The maximum Gasteiger partial charge on any atom is 0.234 e. The standard InChI is InChI=1S/C22H26N2O3S/c1-27-20-10-6-5-9-19(20)24-21(25)15-28-18-13-11-17(12-14-18)23-22(26)16-7-3-2-4-8-16/h5-6,9-14,16H,2-4,7-8,15H2,1H3,(H,23,26)(H,24,25). The third kappa shape index (κ3) is 5.76. The van der Waals surface area contributed by atoms with Crippen LogP contribution in [0.1, 0.15) is 32.1 Å². The zero-order valence-electron chi connectivity index (χ0n) is 16.1. The van der Waals surface area contributed by atoms with Gasteiger partial charge < -0.3 is 15.4 Å². The molecule has 0 bridgehead atoms. The molecule has 2 aromatic rings. The van der Waals surface area contributed by atoms with E-state index in [0.717, 1.165) is 36.3 Å². The second-order valence-electron chi connectivity index (χ2n) is 6.89. The SMILES string of the molecule is COc1ccccc1NC(=O)CSc1ccc(NC(=O)C2CCCCC2)cc1. The molecule has 5 nitrogen and oxygen atoms in total. The lowest BCUT2D eigenvalue weighted by Crippen LogP contribution is -2.24. The third-order valence-corrected chi connectivity index (χ3v) is 5.86. The summed E-state index contributed by atoms with van der Waals surface area (Å²) in [6.07, 6.45) is 5.50. The van der Waals surface area contributed by atoms with Crippen LogP contribution in [0.2, 0.25) is 0 Å². The van der Waals surface area contributed by atoms with Crippen molar-refractivity contribution in [3.05, 3.63) is 48.5 Å². The van der Waals surface area contributed by atoms with Gasteiger partial charge in [0.15, 0.2) is 0 Å². The first-order chi connectivity index (χ1) is 13.7. The van der Waals surface area contributed by atoms with Gasteiger partial charge in [-0.25, -0.2) is 0 Å². The predicted molar refractivity (Wildman–Crippen MR) is 114 cm³/mol. The fourth-order valence-corrected chi connectivity index (χ4v) is 4.03. The van der Waals surface area contributed by atoms with Gasteiger partial charge >= 0.3 is 0 Å². The van der Waals surface area contributed by atoms with E-state index in [2.05, 4.69) is 10.6 Å². The molecule has 0 radical (unpaired) electrons. The molecule has 28 heavy (non-hydrogen) atoms.